The zero-order chi connectivity index (χ0) is 12.0. The van der Waals surface area contributed by atoms with E-state index in [9.17, 15) is 4.79 Å². The van der Waals surface area contributed by atoms with Gasteiger partial charge in [-0.3, -0.25) is 0 Å². The maximum absolute atomic E-state index is 10.2. The largest absolute Gasteiger partial charge is 0.480 e. The van der Waals surface area contributed by atoms with Gasteiger partial charge in [0.1, 0.15) is 6.61 Å². The first-order chi connectivity index (χ1) is 7.63. The maximum atomic E-state index is 10.2. The molecule has 0 aliphatic rings. The number of carboxylic acid groups (broad SMARTS) is 1. The Balaban J connectivity index is 2.64. The SMILES string of the molecule is N/C(=N/O)c1cccc(COCC(=O)O)c1. The molecule has 0 fully saturated rings. The number of benzene rings is 1. The number of ether oxygens (including phenoxy) is 1. The molecule has 0 aliphatic carbocycles. The molecule has 6 nitrogen and oxygen atoms in total. The van der Waals surface area contributed by atoms with Gasteiger partial charge >= 0.3 is 5.97 Å². The summed E-state index contributed by atoms with van der Waals surface area (Å²) < 4.78 is 4.91. The van der Waals surface area contributed by atoms with Crippen molar-refractivity contribution in [2.45, 2.75) is 6.61 Å². The van der Waals surface area contributed by atoms with E-state index in [-0.39, 0.29) is 19.0 Å². The zero-order valence-electron chi connectivity index (χ0n) is 8.46. The number of hydrogen-bond acceptors (Lipinski definition) is 4. The number of carbonyl (C=O) groups is 1. The van der Waals surface area contributed by atoms with Gasteiger partial charge in [-0.05, 0) is 11.6 Å². The molecular weight excluding hydrogens is 212 g/mol. The Bertz CT molecular complexity index is 404. The lowest BCUT2D eigenvalue weighted by Gasteiger charge is -2.04. The van der Waals surface area contributed by atoms with E-state index in [1.807, 2.05) is 0 Å². The van der Waals surface area contributed by atoms with E-state index in [0.29, 0.717) is 5.56 Å². The molecule has 0 unspecified atom stereocenters. The predicted octanol–water partition coefficient (Wildman–Crippen LogP) is 0.382. The van der Waals surface area contributed by atoms with Gasteiger partial charge in [0.25, 0.3) is 0 Å². The number of amidine groups is 1. The number of nitrogens with two attached hydrogens (primary N) is 1. The summed E-state index contributed by atoms with van der Waals surface area (Å²) in [6, 6.07) is 6.81. The Labute approximate surface area is 91.9 Å². The van der Waals surface area contributed by atoms with Crippen molar-refractivity contribution in [1.29, 1.82) is 0 Å². The van der Waals surface area contributed by atoms with E-state index in [1.165, 1.54) is 0 Å². The topological polar surface area (TPSA) is 105 Å². The van der Waals surface area contributed by atoms with E-state index in [4.69, 9.17) is 20.8 Å². The second-order valence-electron chi connectivity index (χ2n) is 3.07. The first-order valence-electron chi connectivity index (χ1n) is 4.50. The van der Waals surface area contributed by atoms with Crippen molar-refractivity contribution in [2.75, 3.05) is 6.61 Å². The van der Waals surface area contributed by atoms with Crippen molar-refractivity contribution in [3.8, 4) is 0 Å². The highest BCUT2D eigenvalue weighted by molar-refractivity contribution is 5.97. The van der Waals surface area contributed by atoms with Crippen LogP contribution >= 0.6 is 0 Å². The molecule has 1 aromatic rings. The molecule has 0 saturated heterocycles. The Morgan fingerprint density at radius 2 is 2.25 bits per heavy atom. The fourth-order valence-electron chi connectivity index (χ4n) is 1.13. The van der Waals surface area contributed by atoms with Crippen LogP contribution in [0.25, 0.3) is 0 Å². The lowest BCUT2D eigenvalue weighted by Crippen LogP contribution is -2.13. The van der Waals surface area contributed by atoms with Gasteiger partial charge in [-0.25, -0.2) is 4.79 Å². The van der Waals surface area contributed by atoms with Crippen molar-refractivity contribution in [1.82, 2.24) is 0 Å². The molecule has 0 amide bonds. The molecule has 0 aromatic heterocycles. The van der Waals surface area contributed by atoms with Gasteiger partial charge in [0.05, 0.1) is 6.61 Å². The Morgan fingerprint density at radius 3 is 2.88 bits per heavy atom. The molecule has 0 radical (unpaired) electrons. The summed E-state index contributed by atoms with van der Waals surface area (Å²) in [5, 5.41) is 19.7. The smallest absolute Gasteiger partial charge is 0.329 e. The highest BCUT2D eigenvalue weighted by atomic mass is 16.5. The fourth-order valence-corrected chi connectivity index (χ4v) is 1.13. The molecule has 0 spiro atoms. The van der Waals surface area contributed by atoms with Crippen LogP contribution in [0.15, 0.2) is 29.4 Å². The number of nitrogens with zero attached hydrogens (tertiary/aromatic N) is 1. The van der Waals surface area contributed by atoms with Crippen LogP contribution in [0, 0.1) is 0 Å². The highest BCUT2D eigenvalue weighted by Crippen LogP contribution is 2.06. The minimum atomic E-state index is -1.02. The van der Waals surface area contributed by atoms with Gasteiger partial charge in [-0.15, -0.1) is 0 Å². The number of carboxylic acids is 1. The lowest BCUT2D eigenvalue weighted by molar-refractivity contribution is -0.142. The van der Waals surface area contributed by atoms with Crippen LogP contribution in [0.2, 0.25) is 0 Å². The van der Waals surface area contributed by atoms with Crippen molar-refractivity contribution < 1.29 is 19.8 Å². The molecule has 6 heteroatoms. The molecule has 16 heavy (non-hydrogen) atoms. The van der Waals surface area contributed by atoms with Crippen LogP contribution in [0.5, 0.6) is 0 Å². The molecule has 0 atom stereocenters. The quantitative estimate of drug-likeness (QED) is 0.290. The maximum Gasteiger partial charge on any atom is 0.329 e. The first kappa shape index (κ1) is 12.0. The summed E-state index contributed by atoms with van der Waals surface area (Å²) in [6.45, 7) is -0.188. The van der Waals surface area contributed by atoms with Gasteiger partial charge in [-0.1, -0.05) is 23.4 Å². The van der Waals surface area contributed by atoms with E-state index in [2.05, 4.69) is 5.16 Å². The van der Waals surface area contributed by atoms with Gasteiger partial charge < -0.3 is 20.8 Å². The third kappa shape index (κ3) is 3.58. The third-order valence-electron chi connectivity index (χ3n) is 1.82. The standard InChI is InChI=1S/C10H12N2O4/c11-10(12-15)8-3-1-2-7(4-8)5-16-6-9(13)14/h1-4,15H,5-6H2,(H2,11,12)(H,13,14). The van der Waals surface area contributed by atoms with Crippen molar-refractivity contribution in [3.63, 3.8) is 0 Å². The van der Waals surface area contributed by atoms with Crippen LogP contribution in [0.3, 0.4) is 0 Å². The average Bonchev–Trinajstić information content (AvgIpc) is 2.28. The van der Waals surface area contributed by atoms with Gasteiger partial charge in [0, 0.05) is 5.56 Å². The number of aliphatic carboxylic acids is 1. The molecule has 0 aliphatic heterocycles. The van der Waals surface area contributed by atoms with E-state index < -0.39 is 5.97 Å². The summed E-state index contributed by atoms with van der Waals surface area (Å²) in [7, 11) is 0. The molecule has 1 aromatic carbocycles. The Morgan fingerprint density at radius 1 is 1.50 bits per heavy atom. The second kappa shape index (κ2) is 5.72. The van der Waals surface area contributed by atoms with Crippen molar-refractivity contribution in [2.24, 2.45) is 10.9 Å². The van der Waals surface area contributed by atoms with E-state index in [1.54, 1.807) is 24.3 Å². The predicted molar refractivity (Wildman–Crippen MR) is 56.2 cm³/mol. The monoisotopic (exact) mass is 224 g/mol. The summed E-state index contributed by atoms with van der Waals surface area (Å²) in [5.41, 5.74) is 6.71. The minimum Gasteiger partial charge on any atom is -0.480 e. The van der Waals surface area contributed by atoms with Crippen LogP contribution in [0.1, 0.15) is 11.1 Å². The molecule has 0 heterocycles. The summed E-state index contributed by atoms with van der Waals surface area (Å²) >= 11 is 0. The lowest BCUT2D eigenvalue weighted by atomic mass is 10.1. The van der Waals surface area contributed by atoms with Crippen LogP contribution in [-0.2, 0) is 16.1 Å². The van der Waals surface area contributed by atoms with E-state index in [0.717, 1.165) is 5.56 Å². The molecule has 4 N–H and O–H groups in total. The van der Waals surface area contributed by atoms with Crippen LogP contribution in [0.4, 0.5) is 0 Å². The number of rotatable bonds is 5. The molecule has 0 saturated carbocycles. The van der Waals surface area contributed by atoms with Gasteiger partial charge in [0.2, 0.25) is 0 Å². The fraction of sp³-hybridized carbons (Fsp3) is 0.200. The highest BCUT2D eigenvalue weighted by Gasteiger charge is 2.02. The van der Waals surface area contributed by atoms with E-state index >= 15 is 0 Å². The minimum absolute atomic E-state index is 0.0000783. The van der Waals surface area contributed by atoms with Gasteiger partial charge in [0.15, 0.2) is 5.84 Å². The molecule has 1 rings (SSSR count). The van der Waals surface area contributed by atoms with Crippen LogP contribution in [-0.4, -0.2) is 28.7 Å². The summed E-state index contributed by atoms with van der Waals surface area (Å²) in [5.74, 6) is -1.02. The first-order valence-corrected chi connectivity index (χ1v) is 4.50. The molecular formula is C10H12N2O4. The number of oxime groups is 1. The van der Waals surface area contributed by atoms with Crippen LogP contribution < -0.4 is 5.73 Å². The Kier molecular flexibility index (Phi) is 4.28. The number of hydrogen-bond donors (Lipinski definition) is 3. The molecule has 0 bridgehead atoms. The van der Waals surface area contributed by atoms with Crippen molar-refractivity contribution >= 4 is 11.8 Å². The molecule has 86 valence electrons. The zero-order valence-corrected chi connectivity index (χ0v) is 8.46. The third-order valence-corrected chi connectivity index (χ3v) is 1.82. The Hall–Kier alpha value is -2.08. The second-order valence-corrected chi connectivity index (χ2v) is 3.07. The summed E-state index contributed by atoms with van der Waals surface area (Å²) in [6.07, 6.45) is 0. The van der Waals surface area contributed by atoms with Gasteiger partial charge in [-0.2, -0.15) is 0 Å². The normalized spacial score (nSPS) is 11.4. The van der Waals surface area contributed by atoms with Crippen molar-refractivity contribution in [3.05, 3.63) is 35.4 Å². The average molecular weight is 224 g/mol. The summed E-state index contributed by atoms with van der Waals surface area (Å²) in [4.78, 5) is 10.2.